The minimum atomic E-state index is -0.170. The molecule has 1 rings (SSSR count). The number of nitrogens with one attached hydrogen (secondary N) is 2. The maximum Gasteiger partial charge on any atom is 0.123 e. The molecule has 0 atom stereocenters. The summed E-state index contributed by atoms with van der Waals surface area (Å²) in [4.78, 5) is 0. The van der Waals surface area contributed by atoms with E-state index in [1.807, 2.05) is 6.07 Å². The van der Waals surface area contributed by atoms with Crippen molar-refractivity contribution in [3.8, 4) is 0 Å². The molecular formula is C11H17FN2. The van der Waals surface area contributed by atoms with Crippen LogP contribution in [0.3, 0.4) is 0 Å². The summed E-state index contributed by atoms with van der Waals surface area (Å²) in [6.07, 6.45) is 0. The Morgan fingerprint density at radius 1 is 1.21 bits per heavy atom. The lowest BCUT2D eigenvalue weighted by Gasteiger charge is -2.05. The van der Waals surface area contributed by atoms with Crippen molar-refractivity contribution in [2.75, 3.05) is 19.6 Å². The SMILES string of the molecule is CCNCCNCc1cccc(F)c1. The quantitative estimate of drug-likeness (QED) is 0.674. The van der Waals surface area contributed by atoms with Crippen molar-refractivity contribution in [2.24, 2.45) is 0 Å². The molecule has 0 aliphatic heterocycles. The lowest BCUT2D eigenvalue weighted by atomic mass is 10.2. The van der Waals surface area contributed by atoms with Crippen molar-refractivity contribution in [1.82, 2.24) is 10.6 Å². The van der Waals surface area contributed by atoms with Crippen molar-refractivity contribution < 1.29 is 4.39 Å². The first kappa shape index (κ1) is 11.1. The zero-order valence-corrected chi connectivity index (χ0v) is 8.52. The normalized spacial score (nSPS) is 10.4. The van der Waals surface area contributed by atoms with E-state index < -0.39 is 0 Å². The third kappa shape index (κ3) is 4.35. The smallest absolute Gasteiger partial charge is 0.123 e. The van der Waals surface area contributed by atoms with Crippen LogP contribution in [0.5, 0.6) is 0 Å². The van der Waals surface area contributed by atoms with Gasteiger partial charge in [-0.2, -0.15) is 0 Å². The molecular weight excluding hydrogens is 179 g/mol. The van der Waals surface area contributed by atoms with E-state index in [1.54, 1.807) is 12.1 Å². The molecule has 0 fully saturated rings. The monoisotopic (exact) mass is 196 g/mol. The van der Waals surface area contributed by atoms with Crippen LogP contribution in [0.1, 0.15) is 12.5 Å². The highest BCUT2D eigenvalue weighted by atomic mass is 19.1. The first-order valence-electron chi connectivity index (χ1n) is 4.99. The molecule has 0 aliphatic carbocycles. The van der Waals surface area contributed by atoms with E-state index in [2.05, 4.69) is 17.6 Å². The molecule has 14 heavy (non-hydrogen) atoms. The molecule has 0 radical (unpaired) electrons. The molecule has 1 aromatic rings. The zero-order chi connectivity index (χ0) is 10.2. The largest absolute Gasteiger partial charge is 0.316 e. The molecule has 0 saturated carbocycles. The summed E-state index contributed by atoms with van der Waals surface area (Å²) >= 11 is 0. The van der Waals surface area contributed by atoms with Gasteiger partial charge in [-0.1, -0.05) is 19.1 Å². The van der Waals surface area contributed by atoms with Gasteiger partial charge < -0.3 is 10.6 Å². The summed E-state index contributed by atoms with van der Waals surface area (Å²) in [6, 6.07) is 6.67. The summed E-state index contributed by atoms with van der Waals surface area (Å²) in [5.74, 6) is -0.170. The van der Waals surface area contributed by atoms with Gasteiger partial charge in [-0.15, -0.1) is 0 Å². The fourth-order valence-electron chi connectivity index (χ4n) is 1.23. The third-order valence-electron chi connectivity index (χ3n) is 1.95. The summed E-state index contributed by atoms with van der Waals surface area (Å²) in [5, 5.41) is 6.44. The summed E-state index contributed by atoms with van der Waals surface area (Å²) in [5.41, 5.74) is 0.987. The van der Waals surface area contributed by atoms with E-state index in [1.165, 1.54) is 6.07 Å². The molecule has 0 aliphatic rings. The van der Waals surface area contributed by atoms with Crippen molar-refractivity contribution >= 4 is 0 Å². The van der Waals surface area contributed by atoms with Gasteiger partial charge in [0.25, 0.3) is 0 Å². The van der Waals surface area contributed by atoms with Crippen LogP contribution in [-0.4, -0.2) is 19.6 Å². The number of hydrogen-bond donors (Lipinski definition) is 2. The second-order valence-corrected chi connectivity index (χ2v) is 3.16. The fraction of sp³-hybridized carbons (Fsp3) is 0.455. The molecule has 0 aromatic heterocycles. The van der Waals surface area contributed by atoms with Gasteiger partial charge in [0, 0.05) is 19.6 Å². The molecule has 1 aromatic carbocycles. The molecule has 0 saturated heterocycles. The maximum atomic E-state index is 12.8. The minimum absolute atomic E-state index is 0.170. The van der Waals surface area contributed by atoms with E-state index in [4.69, 9.17) is 0 Å². The second kappa shape index (κ2) is 6.51. The summed E-state index contributed by atoms with van der Waals surface area (Å²) < 4.78 is 12.8. The van der Waals surface area contributed by atoms with Gasteiger partial charge in [-0.3, -0.25) is 0 Å². The predicted octanol–water partition coefficient (Wildman–Crippen LogP) is 1.52. The number of halogens is 1. The van der Waals surface area contributed by atoms with Crippen molar-refractivity contribution in [1.29, 1.82) is 0 Å². The van der Waals surface area contributed by atoms with E-state index in [0.717, 1.165) is 31.7 Å². The van der Waals surface area contributed by atoms with Gasteiger partial charge in [0.2, 0.25) is 0 Å². The standard InChI is InChI=1S/C11H17FN2/c1-2-13-6-7-14-9-10-4-3-5-11(12)8-10/h3-5,8,13-14H,2,6-7,9H2,1H3. The van der Waals surface area contributed by atoms with Crippen LogP contribution in [0.4, 0.5) is 4.39 Å². The molecule has 78 valence electrons. The number of likely N-dealkylation sites (N-methyl/N-ethyl adjacent to an activating group) is 1. The summed E-state index contributed by atoms with van der Waals surface area (Å²) in [7, 11) is 0. The summed E-state index contributed by atoms with van der Waals surface area (Å²) in [6.45, 7) is 5.65. The van der Waals surface area contributed by atoms with Gasteiger partial charge in [0.15, 0.2) is 0 Å². The zero-order valence-electron chi connectivity index (χ0n) is 8.52. The Hall–Kier alpha value is -0.930. The van der Waals surface area contributed by atoms with E-state index in [9.17, 15) is 4.39 Å². The second-order valence-electron chi connectivity index (χ2n) is 3.16. The number of benzene rings is 1. The van der Waals surface area contributed by atoms with Crippen LogP contribution in [0.15, 0.2) is 24.3 Å². The Morgan fingerprint density at radius 2 is 2.00 bits per heavy atom. The third-order valence-corrected chi connectivity index (χ3v) is 1.95. The lowest BCUT2D eigenvalue weighted by Crippen LogP contribution is -2.26. The van der Waals surface area contributed by atoms with Gasteiger partial charge in [0.1, 0.15) is 5.82 Å². The van der Waals surface area contributed by atoms with Gasteiger partial charge in [-0.05, 0) is 24.2 Å². The Kier molecular flexibility index (Phi) is 5.19. The molecule has 3 heteroatoms. The molecule has 0 spiro atoms. The Balaban J connectivity index is 2.18. The fourth-order valence-corrected chi connectivity index (χ4v) is 1.23. The Morgan fingerprint density at radius 3 is 2.71 bits per heavy atom. The van der Waals surface area contributed by atoms with Crippen LogP contribution in [0.2, 0.25) is 0 Å². The van der Waals surface area contributed by atoms with Crippen molar-refractivity contribution in [2.45, 2.75) is 13.5 Å². The van der Waals surface area contributed by atoms with Gasteiger partial charge in [-0.25, -0.2) is 4.39 Å². The van der Waals surface area contributed by atoms with Crippen LogP contribution < -0.4 is 10.6 Å². The first-order chi connectivity index (χ1) is 6.83. The van der Waals surface area contributed by atoms with Gasteiger partial charge in [0.05, 0.1) is 0 Å². The molecule has 0 amide bonds. The Bertz CT molecular complexity index is 263. The highest BCUT2D eigenvalue weighted by molar-refractivity contribution is 5.15. The van der Waals surface area contributed by atoms with E-state index >= 15 is 0 Å². The highest BCUT2D eigenvalue weighted by Crippen LogP contribution is 2.02. The molecule has 0 bridgehead atoms. The van der Waals surface area contributed by atoms with Crippen LogP contribution >= 0.6 is 0 Å². The van der Waals surface area contributed by atoms with Crippen molar-refractivity contribution in [3.63, 3.8) is 0 Å². The maximum absolute atomic E-state index is 12.8. The average Bonchev–Trinajstić information content (AvgIpc) is 2.18. The topological polar surface area (TPSA) is 24.1 Å². The number of rotatable bonds is 6. The molecule has 2 N–H and O–H groups in total. The number of hydrogen-bond acceptors (Lipinski definition) is 2. The van der Waals surface area contributed by atoms with Gasteiger partial charge >= 0.3 is 0 Å². The molecule has 2 nitrogen and oxygen atoms in total. The van der Waals surface area contributed by atoms with E-state index in [-0.39, 0.29) is 5.82 Å². The highest BCUT2D eigenvalue weighted by Gasteiger charge is 1.93. The Labute approximate surface area is 84.5 Å². The van der Waals surface area contributed by atoms with E-state index in [0.29, 0.717) is 0 Å². The van der Waals surface area contributed by atoms with Crippen molar-refractivity contribution in [3.05, 3.63) is 35.6 Å². The molecule has 0 unspecified atom stereocenters. The molecule has 0 heterocycles. The van der Waals surface area contributed by atoms with Crippen LogP contribution in [0.25, 0.3) is 0 Å². The first-order valence-corrected chi connectivity index (χ1v) is 4.99. The predicted molar refractivity (Wildman–Crippen MR) is 56.7 cm³/mol. The average molecular weight is 196 g/mol. The van der Waals surface area contributed by atoms with Crippen LogP contribution in [0, 0.1) is 5.82 Å². The van der Waals surface area contributed by atoms with Crippen LogP contribution in [-0.2, 0) is 6.54 Å². The lowest BCUT2D eigenvalue weighted by molar-refractivity contribution is 0.609. The minimum Gasteiger partial charge on any atom is -0.316 e.